The van der Waals surface area contributed by atoms with Crippen LogP contribution in [0.25, 0.3) is 11.5 Å². The first-order chi connectivity index (χ1) is 11.3. The molecule has 0 saturated heterocycles. The molecule has 0 saturated carbocycles. The van der Waals surface area contributed by atoms with Crippen molar-refractivity contribution in [1.82, 2.24) is 15.1 Å². The summed E-state index contributed by atoms with van der Waals surface area (Å²) in [6.07, 6.45) is 2.19. The van der Waals surface area contributed by atoms with E-state index in [9.17, 15) is 4.79 Å². The van der Waals surface area contributed by atoms with Crippen molar-refractivity contribution in [2.75, 3.05) is 0 Å². The minimum absolute atomic E-state index is 0.191. The van der Waals surface area contributed by atoms with Gasteiger partial charge in [-0.05, 0) is 17.7 Å². The van der Waals surface area contributed by atoms with E-state index in [-0.39, 0.29) is 19.0 Å². The summed E-state index contributed by atoms with van der Waals surface area (Å²) in [7, 11) is 0. The molecule has 0 spiro atoms. The van der Waals surface area contributed by atoms with Crippen LogP contribution >= 0.6 is 0 Å². The molecule has 0 bridgehead atoms. The van der Waals surface area contributed by atoms with Crippen LogP contribution in [-0.2, 0) is 22.6 Å². The number of carbonyl (C=O) groups is 1. The van der Waals surface area contributed by atoms with Crippen LogP contribution in [-0.4, -0.2) is 21.1 Å². The van der Waals surface area contributed by atoms with Crippen LogP contribution in [0, 0.1) is 0 Å². The molecule has 23 heavy (non-hydrogen) atoms. The fourth-order valence-corrected chi connectivity index (χ4v) is 1.97. The van der Waals surface area contributed by atoms with Gasteiger partial charge in [0, 0.05) is 12.6 Å². The van der Waals surface area contributed by atoms with E-state index in [1.165, 1.54) is 0 Å². The predicted octanol–water partition coefficient (Wildman–Crippen LogP) is 2.81. The fraction of sp³-hybridized carbons (Fsp3) is 0.176. The van der Waals surface area contributed by atoms with Crippen molar-refractivity contribution in [1.29, 1.82) is 0 Å². The maximum atomic E-state index is 11.7. The number of hydrogen-bond donors (Lipinski definition) is 0. The van der Waals surface area contributed by atoms with Gasteiger partial charge in [0.1, 0.15) is 12.3 Å². The Kier molecular flexibility index (Phi) is 4.73. The second kappa shape index (κ2) is 7.31. The Morgan fingerprint density at radius 2 is 1.91 bits per heavy atom. The highest BCUT2D eigenvalue weighted by Gasteiger charge is 2.12. The molecule has 0 aliphatic carbocycles. The normalized spacial score (nSPS) is 10.4. The Labute approximate surface area is 133 Å². The molecule has 0 amide bonds. The average molecular weight is 309 g/mol. The predicted molar refractivity (Wildman–Crippen MR) is 82.1 cm³/mol. The zero-order chi connectivity index (χ0) is 15.9. The van der Waals surface area contributed by atoms with E-state index >= 15 is 0 Å². The molecule has 6 nitrogen and oxygen atoms in total. The molecular weight excluding hydrogens is 294 g/mol. The number of rotatable bonds is 6. The summed E-state index contributed by atoms with van der Waals surface area (Å²) in [5, 5.41) is 3.86. The number of aryl methyl sites for hydroxylation is 1. The van der Waals surface area contributed by atoms with Gasteiger partial charge < -0.3 is 9.26 Å². The van der Waals surface area contributed by atoms with Gasteiger partial charge in [-0.1, -0.05) is 41.6 Å². The maximum absolute atomic E-state index is 11.7. The van der Waals surface area contributed by atoms with Gasteiger partial charge in [0.2, 0.25) is 11.7 Å². The van der Waals surface area contributed by atoms with Gasteiger partial charge in [-0.15, -0.1) is 0 Å². The molecule has 3 aromatic rings. The number of esters is 1. The van der Waals surface area contributed by atoms with Crippen LogP contribution in [0.15, 0.2) is 59.3 Å². The van der Waals surface area contributed by atoms with Gasteiger partial charge in [0.05, 0.1) is 6.42 Å². The standard InChI is InChI=1S/C17H15N3O3/c21-16(22-12-13-6-2-1-3-7-13)10-9-15-19-17(20-23-15)14-8-4-5-11-18-14/h1-8,11H,9-10,12H2. The summed E-state index contributed by atoms with van der Waals surface area (Å²) in [6, 6.07) is 15.0. The minimum atomic E-state index is -0.300. The molecular formula is C17H15N3O3. The number of benzene rings is 1. The summed E-state index contributed by atoms with van der Waals surface area (Å²) >= 11 is 0. The fourth-order valence-electron chi connectivity index (χ4n) is 1.97. The minimum Gasteiger partial charge on any atom is -0.461 e. The Morgan fingerprint density at radius 1 is 1.09 bits per heavy atom. The summed E-state index contributed by atoms with van der Waals surface area (Å²) in [5.41, 5.74) is 1.59. The molecule has 3 rings (SSSR count). The van der Waals surface area contributed by atoms with Gasteiger partial charge in [-0.3, -0.25) is 9.78 Å². The largest absolute Gasteiger partial charge is 0.461 e. The number of pyridine rings is 1. The molecule has 0 aliphatic heterocycles. The van der Waals surface area contributed by atoms with E-state index in [0.717, 1.165) is 5.56 Å². The Bertz CT molecular complexity index is 757. The van der Waals surface area contributed by atoms with Crippen molar-refractivity contribution in [3.63, 3.8) is 0 Å². The number of nitrogens with zero attached hydrogens (tertiary/aromatic N) is 3. The second-order valence-corrected chi connectivity index (χ2v) is 4.87. The average Bonchev–Trinajstić information content (AvgIpc) is 3.09. The molecule has 0 radical (unpaired) electrons. The maximum Gasteiger partial charge on any atom is 0.306 e. The Balaban J connectivity index is 1.49. The SMILES string of the molecule is O=C(CCc1nc(-c2ccccn2)no1)OCc1ccccc1. The van der Waals surface area contributed by atoms with Crippen LogP contribution in [0.1, 0.15) is 17.9 Å². The lowest BCUT2D eigenvalue weighted by atomic mass is 10.2. The zero-order valence-electron chi connectivity index (χ0n) is 12.4. The second-order valence-electron chi connectivity index (χ2n) is 4.87. The number of carbonyl (C=O) groups excluding carboxylic acids is 1. The third-order valence-electron chi connectivity index (χ3n) is 3.15. The molecule has 0 fully saturated rings. The quantitative estimate of drug-likeness (QED) is 0.652. The van der Waals surface area contributed by atoms with Crippen molar-refractivity contribution in [2.24, 2.45) is 0 Å². The third kappa shape index (κ3) is 4.23. The summed E-state index contributed by atoms with van der Waals surface area (Å²) in [5.74, 6) is 0.506. The van der Waals surface area contributed by atoms with Crippen molar-refractivity contribution in [2.45, 2.75) is 19.4 Å². The monoisotopic (exact) mass is 309 g/mol. The third-order valence-corrected chi connectivity index (χ3v) is 3.15. The smallest absolute Gasteiger partial charge is 0.306 e. The van der Waals surface area contributed by atoms with E-state index in [2.05, 4.69) is 15.1 Å². The highest BCUT2D eigenvalue weighted by molar-refractivity contribution is 5.69. The summed E-state index contributed by atoms with van der Waals surface area (Å²) < 4.78 is 10.3. The van der Waals surface area contributed by atoms with Crippen LogP contribution in [0.5, 0.6) is 0 Å². The van der Waals surface area contributed by atoms with Crippen molar-refractivity contribution < 1.29 is 14.1 Å². The zero-order valence-corrected chi connectivity index (χ0v) is 12.4. The van der Waals surface area contributed by atoms with Crippen molar-refractivity contribution in [3.8, 4) is 11.5 Å². The summed E-state index contributed by atoms with van der Waals surface area (Å²) in [4.78, 5) is 20.1. The molecule has 2 heterocycles. The van der Waals surface area contributed by atoms with E-state index in [1.54, 1.807) is 12.3 Å². The first kappa shape index (κ1) is 14.9. The van der Waals surface area contributed by atoms with Crippen LogP contribution in [0.3, 0.4) is 0 Å². The van der Waals surface area contributed by atoms with Crippen molar-refractivity contribution in [3.05, 3.63) is 66.2 Å². The van der Waals surface area contributed by atoms with E-state index in [0.29, 0.717) is 23.8 Å². The Hall–Kier alpha value is -3.02. The molecule has 116 valence electrons. The molecule has 0 aliphatic rings. The molecule has 0 atom stereocenters. The van der Waals surface area contributed by atoms with Gasteiger partial charge in [-0.25, -0.2) is 0 Å². The van der Waals surface area contributed by atoms with E-state index in [4.69, 9.17) is 9.26 Å². The lowest BCUT2D eigenvalue weighted by Gasteiger charge is -2.03. The number of hydrogen-bond acceptors (Lipinski definition) is 6. The van der Waals surface area contributed by atoms with Gasteiger partial charge in [-0.2, -0.15) is 4.98 Å². The van der Waals surface area contributed by atoms with Gasteiger partial charge in [0.15, 0.2) is 0 Å². The van der Waals surface area contributed by atoms with E-state index in [1.807, 2.05) is 42.5 Å². The Morgan fingerprint density at radius 3 is 2.70 bits per heavy atom. The highest BCUT2D eigenvalue weighted by Crippen LogP contribution is 2.13. The number of aromatic nitrogens is 3. The lowest BCUT2D eigenvalue weighted by molar-refractivity contribution is -0.145. The number of ether oxygens (including phenoxy) is 1. The molecule has 6 heteroatoms. The molecule has 1 aromatic carbocycles. The van der Waals surface area contributed by atoms with Crippen LogP contribution in [0.4, 0.5) is 0 Å². The first-order valence-electron chi connectivity index (χ1n) is 7.25. The first-order valence-corrected chi connectivity index (χ1v) is 7.25. The van der Waals surface area contributed by atoms with Crippen molar-refractivity contribution >= 4 is 5.97 Å². The van der Waals surface area contributed by atoms with Gasteiger partial charge >= 0.3 is 5.97 Å². The molecule has 2 aromatic heterocycles. The van der Waals surface area contributed by atoms with Gasteiger partial charge in [0.25, 0.3) is 0 Å². The highest BCUT2D eigenvalue weighted by atomic mass is 16.5. The van der Waals surface area contributed by atoms with Crippen LogP contribution in [0.2, 0.25) is 0 Å². The lowest BCUT2D eigenvalue weighted by Crippen LogP contribution is -2.06. The molecule has 0 unspecified atom stereocenters. The van der Waals surface area contributed by atoms with Crippen LogP contribution < -0.4 is 0 Å². The summed E-state index contributed by atoms with van der Waals surface area (Å²) in [6.45, 7) is 0.267. The molecule has 0 N–H and O–H groups in total. The topological polar surface area (TPSA) is 78.1 Å². The van der Waals surface area contributed by atoms with E-state index < -0.39 is 0 Å².